The van der Waals surface area contributed by atoms with Gasteiger partial charge in [-0.2, -0.15) is 26.3 Å². The number of likely N-dealkylation sites (N-methyl/N-ethyl adjacent to an activating group) is 2. The number of alkyl halides is 6. The summed E-state index contributed by atoms with van der Waals surface area (Å²) in [6, 6.07) is 3.56. The number of carbonyl (C=O) groups excluding carboxylic acids is 1. The Kier molecular flexibility index (Phi) is 17.6. The van der Waals surface area contributed by atoms with Crippen LogP contribution in [-0.2, 0) is 48.6 Å². The van der Waals surface area contributed by atoms with Crippen molar-refractivity contribution in [2.24, 2.45) is 0 Å². The third-order valence-electron chi connectivity index (χ3n) is 4.74. The van der Waals surface area contributed by atoms with Gasteiger partial charge >= 0.3 is 34.1 Å². The minimum Gasteiger partial charge on any atom is -0.741 e. The fraction of sp³-hybridized carbons (Fsp3) is 0.684. The zero-order valence-corrected chi connectivity index (χ0v) is 24.1. The van der Waals surface area contributed by atoms with Crippen LogP contribution in [0.1, 0.15) is 23.0 Å². The van der Waals surface area contributed by atoms with Gasteiger partial charge in [0.2, 0.25) is 0 Å². The van der Waals surface area contributed by atoms with E-state index in [1.165, 1.54) is 0 Å². The van der Waals surface area contributed by atoms with E-state index in [-0.39, 0.29) is 23.0 Å². The standard InChI is InChI=1S/C17H28N4O2.2CHF3O3S.Fe/c1-4-23-17(22)15-5-6-18-16(13-15)14-21-11-9-19(2)7-8-20(3)10-12-21;2*2-1(3,4)8(5,6)7;/h5-6,13H,4,7-12,14H2,1-3H3;2*(H,5,6,7);/q;;;+5/p-2. The predicted molar refractivity (Wildman–Crippen MR) is 122 cm³/mol. The Bertz CT molecular complexity index is 1070. The van der Waals surface area contributed by atoms with Gasteiger partial charge in [0.25, 0.3) is 0 Å². The molecule has 0 bridgehead atoms. The fourth-order valence-corrected chi connectivity index (χ4v) is 2.59. The van der Waals surface area contributed by atoms with Gasteiger partial charge < -0.3 is 23.6 Å². The van der Waals surface area contributed by atoms with Crippen LogP contribution in [-0.4, -0.2) is 123 Å². The molecule has 2 rings (SSSR count). The van der Waals surface area contributed by atoms with E-state index in [1.54, 1.807) is 12.3 Å². The number of halogens is 6. The van der Waals surface area contributed by atoms with Crippen LogP contribution in [0.2, 0.25) is 0 Å². The van der Waals surface area contributed by atoms with Crippen LogP contribution >= 0.6 is 0 Å². The molecule has 2 heterocycles. The first kappa shape index (κ1) is 40.6. The number of hydrogen-bond donors (Lipinski definition) is 0. The Morgan fingerprint density at radius 3 is 1.62 bits per heavy atom. The maximum absolute atomic E-state index is 11.8. The van der Waals surface area contributed by atoms with Gasteiger partial charge in [-0.3, -0.25) is 9.88 Å². The maximum atomic E-state index is 11.8. The molecule has 40 heavy (non-hydrogen) atoms. The number of esters is 1. The van der Waals surface area contributed by atoms with Crippen LogP contribution < -0.4 is 0 Å². The number of nitrogens with zero attached hydrogens (tertiary/aromatic N) is 4. The molecule has 0 N–H and O–H groups in total. The van der Waals surface area contributed by atoms with Gasteiger partial charge in [-0.15, -0.1) is 0 Å². The molecule has 0 aliphatic carbocycles. The first-order valence-electron chi connectivity index (χ1n) is 10.8. The molecule has 21 heteroatoms. The molecule has 0 saturated carbocycles. The molecular formula is C19H28F6FeN4O8S2+3. The zero-order chi connectivity index (χ0) is 30.7. The molecule has 0 atom stereocenters. The van der Waals surface area contributed by atoms with Gasteiger partial charge in [0.1, 0.15) is 0 Å². The number of carbonyl (C=O) groups is 1. The molecule has 0 amide bonds. The Hall–Kier alpha value is -1.58. The molecule has 12 nitrogen and oxygen atoms in total. The quantitative estimate of drug-likeness (QED) is 0.147. The second-order valence-electron chi connectivity index (χ2n) is 7.94. The zero-order valence-electron chi connectivity index (χ0n) is 21.4. The van der Waals surface area contributed by atoms with Crippen LogP contribution in [0.4, 0.5) is 26.3 Å². The van der Waals surface area contributed by atoms with Crippen LogP contribution in [0.5, 0.6) is 0 Å². The van der Waals surface area contributed by atoms with E-state index in [0.717, 1.165) is 51.5 Å². The summed E-state index contributed by atoms with van der Waals surface area (Å²) in [5.74, 6) is -0.278. The fourth-order valence-electron chi connectivity index (χ4n) is 2.59. The third-order valence-corrected chi connectivity index (χ3v) is 5.87. The van der Waals surface area contributed by atoms with Gasteiger partial charge in [-0.25, -0.2) is 21.6 Å². The van der Waals surface area contributed by atoms with Crippen molar-refractivity contribution >= 4 is 26.2 Å². The van der Waals surface area contributed by atoms with E-state index in [9.17, 15) is 31.1 Å². The summed E-state index contributed by atoms with van der Waals surface area (Å²) >= 11 is 0. The van der Waals surface area contributed by atoms with E-state index < -0.39 is 31.3 Å². The monoisotopic (exact) mass is 674 g/mol. The summed E-state index contributed by atoms with van der Waals surface area (Å²) in [7, 11) is -7.85. The van der Waals surface area contributed by atoms with Crippen molar-refractivity contribution in [1.29, 1.82) is 0 Å². The SMILES string of the molecule is CCOC(=O)c1ccnc(CN2CCN(C)CCN(C)CC2)c1.O=S(=O)([O-])C(F)(F)F.O=S(=O)([O-])C(F)(F)F.[Fe+5]. The Morgan fingerprint density at radius 1 is 0.900 bits per heavy atom. The van der Waals surface area contributed by atoms with Crippen molar-refractivity contribution in [1.82, 2.24) is 19.7 Å². The molecule has 231 valence electrons. The van der Waals surface area contributed by atoms with Crippen LogP contribution in [0.15, 0.2) is 18.3 Å². The largest absolute Gasteiger partial charge is 5.00 e. The van der Waals surface area contributed by atoms with Crippen molar-refractivity contribution in [3.8, 4) is 0 Å². The first-order valence-corrected chi connectivity index (χ1v) is 13.7. The normalized spacial score (nSPS) is 16.5. The van der Waals surface area contributed by atoms with Crippen molar-refractivity contribution < 1.29 is 78.9 Å². The Labute approximate surface area is 238 Å². The average molecular weight is 674 g/mol. The minimum atomic E-state index is -6.09. The van der Waals surface area contributed by atoms with Crippen LogP contribution in [0, 0.1) is 0 Å². The second-order valence-corrected chi connectivity index (χ2v) is 10.7. The Morgan fingerprint density at radius 2 is 1.27 bits per heavy atom. The van der Waals surface area contributed by atoms with Crippen LogP contribution in [0.3, 0.4) is 0 Å². The molecular weight excluding hydrogens is 646 g/mol. The maximum Gasteiger partial charge on any atom is 5.00 e. The van der Waals surface area contributed by atoms with Crippen molar-refractivity contribution in [3.63, 3.8) is 0 Å². The number of aromatic nitrogens is 1. The summed E-state index contributed by atoms with van der Waals surface area (Å²) in [5.41, 5.74) is -9.80. The van der Waals surface area contributed by atoms with E-state index in [2.05, 4.69) is 33.8 Å². The average Bonchev–Trinajstić information content (AvgIpc) is 2.84. The summed E-state index contributed by atoms with van der Waals surface area (Å²) in [5, 5.41) is 0. The first-order chi connectivity index (χ1) is 17.6. The molecule has 0 spiro atoms. The van der Waals surface area contributed by atoms with Crippen molar-refractivity contribution in [2.45, 2.75) is 24.5 Å². The van der Waals surface area contributed by atoms with Gasteiger partial charge in [0.05, 0.1) is 17.9 Å². The molecule has 1 fully saturated rings. The molecule has 0 aromatic carbocycles. The number of hydrogen-bond acceptors (Lipinski definition) is 12. The number of rotatable bonds is 4. The number of pyridine rings is 1. The molecule has 1 radical (unpaired) electrons. The summed E-state index contributed by atoms with van der Waals surface area (Å²) in [4.78, 5) is 23.4. The molecule has 1 aliphatic heterocycles. The minimum absolute atomic E-state index is 0. The summed E-state index contributed by atoms with van der Waals surface area (Å²) in [6.07, 6.45) is 1.69. The summed E-state index contributed by atoms with van der Waals surface area (Å²) < 4.78 is 123. The molecule has 1 saturated heterocycles. The van der Waals surface area contributed by atoms with Crippen molar-refractivity contribution in [2.75, 3.05) is 60.0 Å². The Balaban J connectivity index is 0. The van der Waals surface area contributed by atoms with E-state index in [1.807, 2.05) is 13.0 Å². The van der Waals surface area contributed by atoms with Crippen molar-refractivity contribution in [3.05, 3.63) is 29.6 Å². The molecule has 1 aromatic heterocycles. The predicted octanol–water partition coefficient (Wildman–Crippen LogP) is 1.04. The van der Waals surface area contributed by atoms with Crippen LogP contribution in [0.25, 0.3) is 0 Å². The van der Waals surface area contributed by atoms with E-state index in [4.69, 9.17) is 30.7 Å². The summed E-state index contributed by atoms with van der Waals surface area (Å²) in [6.45, 7) is 9.27. The number of ether oxygens (including phenoxy) is 1. The van der Waals surface area contributed by atoms with E-state index >= 15 is 0 Å². The van der Waals surface area contributed by atoms with Gasteiger partial charge in [-0.1, -0.05) is 0 Å². The molecule has 0 unspecified atom stereocenters. The van der Waals surface area contributed by atoms with Gasteiger partial charge in [0.15, 0.2) is 20.2 Å². The molecule has 1 aliphatic rings. The third kappa shape index (κ3) is 16.6. The second kappa shape index (κ2) is 17.4. The van der Waals surface area contributed by atoms with Gasteiger partial charge in [0, 0.05) is 52.0 Å². The smallest absolute Gasteiger partial charge is 0.741 e. The topological polar surface area (TPSA) is 163 Å². The van der Waals surface area contributed by atoms with Gasteiger partial charge in [-0.05, 0) is 33.2 Å². The molecule has 1 aromatic rings. The van der Waals surface area contributed by atoms with E-state index in [0.29, 0.717) is 12.2 Å².